The summed E-state index contributed by atoms with van der Waals surface area (Å²) >= 11 is 0. The molecular formula is C17H15NO6. The molecule has 0 radical (unpaired) electrons. The number of rotatable bonds is 7. The van der Waals surface area contributed by atoms with Crippen LogP contribution < -0.4 is 9.47 Å². The van der Waals surface area contributed by atoms with Gasteiger partial charge in [0.1, 0.15) is 11.5 Å². The zero-order valence-electron chi connectivity index (χ0n) is 12.9. The Balaban J connectivity index is 2.14. The maximum absolute atomic E-state index is 12.1. The average Bonchev–Trinajstić information content (AvgIpc) is 2.60. The second kappa shape index (κ2) is 7.87. The van der Waals surface area contributed by atoms with Crippen LogP contribution in [-0.4, -0.2) is 23.8 Å². The van der Waals surface area contributed by atoms with Crippen molar-refractivity contribution in [2.75, 3.05) is 6.61 Å². The fraction of sp³-hybridized carbons (Fsp3) is 0.176. The summed E-state index contributed by atoms with van der Waals surface area (Å²) in [5, 5.41) is 10.7. The number of esters is 1. The third kappa shape index (κ3) is 4.16. The van der Waals surface area contributed by atoms with Gasteiger partial charge in [-0.2, -0.15) is 0 Å². The molecule has 124 valence electrons. The van der Waals surface area contributed by atoms with Crippen LogP contribution in [0.4, 0.5) is 5.69 Å². The first kappa shape index (κ1) is 17.1. The number of carbonyl (C=O) groups is 2. The minimum atomic E-state index is -0.672. The smallest absolute Gasteiger partial charge is 0.343 e. The van der Waals surface area contributed by atoms with Crippen LogP contribution in [0.25, 0.3) is 0 Å². The number of hydrogen-bond donors (Lipinski definition) is 0. The van der Waals surface area contributed by atoms with E-state index in [9.17, 15) is 19.7 Å². The standard InChI is InChI=1S/C17H15NO6/c1-2-9-23-15-6-3-12(4-7-15)17(20)24-16-8-5-14(18(21)22)10-13(16)11-19/h3-8,10-11H,2,9H2,1H3. The van der Waals surface area contributed by atoms with E-state index in [2.05, 4.69) is 0 Å². The molecule has 0 fully saturated rings. The van der Waals surface area contributed by atoms with Crippen molar-refractivity contribution in [3.63, 3.8) is 0 Å². The fourth-order valence-electron chi connectivity index (χ4n) is 1.90. The predicted molar refractivity (Wildman–Crippen MR) is 85.7 cm³/mol. The Morgan fingerprint density at radius 1 is 1.21 bits per heavy atom. The molecule has 0 N–H and O–H groups in total. The summed E-state index contributed by atoms with van der Waals surface area (Å²) in [7, 11) is 0. The van der Waals surface area contributed by atoms with Crippen LogP contribution in [0.15, 0.2) is 42.5 Å². The Labute approximate surface area is 138 Å². The molecule has 0 atom stereocenters. The lowest BCUT2D eigenvalue weighted by atomic mass is 10.2. The fourth-order valence-corrected chi connectivity index (χ4v) is 1.90. The Morgan fingerprint density at radius 3 is 2.50 bits per heavy atom. The second-order valence-corrected chi connectivity index (χ2v) is 4.86. The SMILES string of the molecule is CCCOc1ccc(C(=O)Oc2ccc([N+](=O)[O-])cc2C=O)cc1. The highest BCUT2D eigenvalue weighted by Crippen LogP contribution is 2.24. The lowest BCUT2D eigenvalue weighted by Gasteiger charge is -2.08. The molecule has 7 heteroatoms. The molecule has 0 aliphatic heterocycles. The van der Waals surface area contributed by atoms with Gasteiger partial charge in [0.05, 0.1) is 22.7 Å². The van der Waals surface area contributed by atoms with Gasteiger partial charge in [-0.15, -0.1) is 0 Å². The molecule has 0 aliphatic rings. The van der Waals surface area contributed by atoms with Crippen molar-refractivity contribution in [2.24, 2.45) is 0 Å². The molecule has 0 spiro atoms. The summed E-state index contributed by atoms with van der Waals surface area (Å²) in [5.41, 5.74) is -0.0520. The third-order valence-electron chi connectivity index (χ3n) is 3.10. The Hall–Kier alpha value is -3.22. The largest absolute Gasteiger partial charge is 0.494 e. The number of nitro benzene ring substituents is 1. The summed E-state index contributed by atoms with van der Waals surface area (Å²) in [4.78, 5) is 33.2. The lowest BCUT2D eigenvalue weighted by Crippen LogP contribution is -2.10. The number of aldehydes is 1. The maximum atomic E-state index is 12.1. The molecular weight excluding hydrogens is 314 g/mol. The molecule has 0 aromatic heterocycles. The minimum absolute atomic E-state index is 0.0353. The normalized spacial score (nSPS) is 10.0. The van der Waals surface area contributed by atoms with Crippen molar-refractivity contribution in [3.05, 3.63) is 63.7 Å². The average molecular weight is 329 g/mol. The molecule has 7 nitrogen and oxygen atoms in total. The van der Waals surface area contributed by atoms with E-state index in [0.717, 1.165) is 18.6 Å². The molecule has 0 saturated carbocycles. The van der Waals surface area contributed by atoms with Crippen LogP contribution in [-0.2, 0) is 0 Å². The number of benzene rings is 2. The summed E-state index contributed by atoms with van der Waals surface area (Å²) < 4.78 is 10.6. The topological polar surface area (TPSA) is 95.7 Å². The Kier molecular flexibility index (Phi) is 5.62. The number of non-ortho nitro benzene ring substituents is 1. The Morgan fingerprint density at radius 2 is 1.92 bits per heavy atom. The monoisotopic (exact) mass is 329 g/mol. The zero-order valence-corrected chi connectivity index (χ0v) is 12.9. The van der Waals surface area contributed by atoms with Crippen molar-refractivity contribution in [3.8, 4) is 11.5 Å². The van der Waals surface area contributed by atoms with Gasteiger partial charge in [-0.3, -0.25) is 14.9 Å². The van der Waals surface area contributed by atoms with E-state index in [0.29, 0.717) is 18.6 Å². The van der Waals surface area contributed by atoms with Crippen LogP contribution in [0.5, 0.6) is 11.5 Å². The number of ether oxygens (including phenoxy) is 2. The molecule has 0 amide bonds. The molecule has 0 unspecified atom stereocenters. The van der Waals surface area contributed by atoms with Crippen molar-refractivity contribution in [2.45, 2.75) is 13.3 Å². The van der Waals surface area contributed by atoms with Crippen LogP contribution in [0.2, 0.25) is 0 Å². The number of nitrogens with zero attached hydrogens (tertiary/aromatic N) is 1. The van der Waals surface area contributed by atoms with Crippen molar-refractivity contribution >= 4 is 17.9 Å². The van der Waals surface area contributed by atoms with Crippen LogP contribution in [0.1, 0.15) is 34.1 Å². The molecule has 24 heavy (non-hydrogen) atoms. The van der Waals surface area contributed by atoms with E-state index in [-0.39, 0.29) is 22.6 Å². The summed E-state index contributed by atoms with van der Waals surface area (Å²) in [5.74, 6) is -0.0711. The molecule has 0 saturated heterocycles. The summed E-state index contributed by atoms with van der Waals surface area (Å²) in [6, 6.07) is 9.80. The van der Waals surface area contributed by atoms with Gasteiger partial charge in [0, 0.05) is 12.1 Å². The quantitative estimate of drug-likeness (QED) is 0.254. The highest BCUT2D eigenvalue weighted by Gasteiger charge is 2.15. The number of carbonyl (C=O) groups excluding carboxylic acids is 2. The van der Waals surface area contributed by atoms with Crippen molar-refractivity contribution in [1.29, 1.82) is 0 Å². The molecule has 0 heterocycles. The van der Waals surface area contributed by atoms with E-state index < -0.39 is 10.9 Å². The van der Waals surface area contributed by atoms with Gasteiger partial charge in [-0.1, -0.05) is 6.92 Å². The number of nitro groups is 1. The van der Waals surface area contributed by atoms with Crippen LogP contribution in [0.3, 0.4) is 0 Å². The van der Waals surface area contributed by atoms with Crippen molar-refractivity contribution < 1.29 is 24.0 Å². The van der Waals surface area contributed by atoms with Gasteiger partial charge in [0.15, 0.2) is 6.29 Å². The van der Waals surface area contributed by atoms with Gasteiger partial charge >= 0.3 is 5.97 Å². The van der Waals surface area contributed by atoms with Crippen LogP contribution >= 0.6 is 0 Å². The van der Waals surface area contributed by atoms with Gasteiger partial charge in [0.25, 0.3) is 5.69 Å². The van der Waals surface area contributed by atoms with E-state index in [1.54, 1.807) is 24.3 Å². The molecule has 2 aromatic carbocycles. The third-order valence-corrected chi connectivity index (χ3v) is 3.10. The molecule has 0 aliphatic carbocycles. The Bertz CT molecular complexity index is 754. The first-order valence-corrected chi connectivity index (χ1v) is 7.23. The molecule has 2 aromatic rings. The minimum Gasteiger partial charge on any atom is -0.494 e. The van der Waals surface area contributed by atoms with E-state index >= 15 is 0 Å². The van der Waals surface area contributed by atoms with Gasteiger partial charge in [-0.05, 0) is 36.8 Å². The molecule has 2 rings (SSSR count). The van der Waals surface area contributed by atoms with E-state index in [4.69, 9.17) is 9.47 Å². The van der Waals surface area contributed by atoms with Gasteiger partial charge in [-0.25, -0.2) is 4.79 Å². The highest BCUT2D eigenvalue weighted by atomic mass is 16.6. The van der Waals surface area contributed by atoms with Crippen LogP contribution in [0, 0.1) is 10.1 Å². The predicted octanol–water partition coefficient (Wildman–Crippen LogP) is 3.42. The zero-order chi connectivity index (χ0) is 17.5. The van der Waals surface area contributed by atoms with Crippen molar-refractivity contribution in [1.82, 2.24) is 0 Å². The first-order valence-electron chi connectivity index (χ1n) is 7.23. The number of hydrogen-bond acceptors (Lipinski definition) is 6. The summed E-state index contributed by atoms with van der Waals surface area (Å²) in [6.07, 6.45) is 1.27. The van der Waals surface area contributed by atoms with E-state index in [1.165, 1.54) is 6.07 Å². The van der Waals surface area contributed by atoms with E-state index in [1.807, 2.05) is 6.92 Å². The van der Waals surface area contributed by atoms with Gasteiger partial charge < -0.3 is 9.47 Å². The highest BCUT2D eigenvalue weighted by molar-refractivity contribution is 5.92. The second-order valence-electron chi connectivity index (χ2n) is 4.86. The lowest BCUT2D eigenvalue weighted by molar-refractivity contribution is -0.384. The first-order chi connectivity index (χ1) is 11.5. The summed E-state index contributed by atoms with van der Waals surface area (Å²) in [6.45, 7) is 2.57. The molecule has 0 bridgehead atoms. The van der Waals surface area contributed by atoms with Gasteiger partial charge in [0.2, 0.25) is 0 Å². The maximum Gasteiger partial charge on any atom is 0.343 e.